The first-order chi connectivity index (χ1) is 59.0. The van der Waals surface area contributed by atoms with Gasteiger partial charge in [0.15, 0.2) is 23.5 Å². The van der Waals surface area contributed by atoms with Crippen molar-refractivity contribution in [2.75, 3.05) is 59.5 Å². The fraction of sp³-hybridized carbons (Fsp3) is 0.237. The number of hydrogen-bond donors (Lipinski definition) is 13. The zero-order valence-electron chi connectivity index (χ0n) is 66.6. The van der Waals surface area contributed by atoms with Crippen LogP contribution in [-0.2, 0) is 59.7 Å². The lowest BCUT2D eigenvalue weighted by atomic mass is 10.1. The molecule has 11 rings (SSSR count). The van der Waals surface area contributed by atoms with Crippen LogP contribution in [0, 0.1) is 0 Å². The van der Waals surface area contributed by atoms with E-state index in [4.69, 9.17) is 93.8 Å². The number of nitrogens with zero attached hydrogens (tertiary/aromatic N) is 1. The van der Waals surface area contributed by atoms with Crippen LogP contribution in [0.4, 0.5) is 28.4 Å². The number of carboxylic acids is 3. The van der Waals surface area contributed by atoms with Crippen molar-refractivity contribution in [2.45, 2.75) is 118 Å². The summed E-state index contributed by atoms with van der Waals surface area (Å²) in [5.74, 6) is 25.9. The Labute approximate surface area is 730 Å². The highest BCUT2D eigenvalue weighted by atomic mass is 35.5. The number of aromatic carboxylic acids is 3. The number of ether oxygens (including phenoxy) is 3. The number of benzene rings is 8. The van der Waals surface area contributed by atoms with Crippen LogP contribution in [0.15, 0.2) is 222 Å². The third-order valence-corrected chi connectivity index (χ3v) is 19.3. The first-order valence-corrected chi connectivity index (χ1v) is 41.1. The van der Waals surface area contributed by atoms with Gasteiger partial charge in [0, 0.05) is 50.1 Å². The van der Waals surface area contributed by atoms with Gasteiger partial charge in [-0.05, 0) is 147 Å². The number of aliphatic hydroxyl groups excluding tert-OH is 1. The van der Waals surface area contributed by atoms with Gasteiger partial charge in [0.2, 0.25) is 0 Å². The molecule has 3 heterocycles. The van der Waals surface area contributed by atoms with Crippen molar-refractivity contribution in [1.82, 2.24) is 0 Å². The van der Waals surface area contributed by atoms with E-state index < -0.39 is 17.9 Å². The number of para-hydroxylation sites is 3. The molecule has 0 amide bonds. The number of halogens is 2. The molecule has 0 aliphatic carbocycles. The van der Waals surface area contributed by atoms with E-state index in [-0.39, 0.29) is 16.7 Å². The van der Waals surface area contributed by atoms with Crippen molar-refractivity contribution in [1.29, 1.82) is 0 Å². The van der Waals surface area contributed by atoms with Gasteiger partial charge in [0.1, 0.15) is 35.1 Å². The van der Waals surface area contributed by atoms with Gasteiger partial charge in [-0.15, -0.1) is 46.6 Å². The Morgan fingerprint density at radius 3 is 1.23 bits per heavy atom. The molecule has 2 aromatic heterocycles. The monoisotopic (exact) mass is 1810 g/mol. The van der Waals surface area contributed by atoms with Crippen LogP contribution in [0.3, 0.4) is 0 Å². The number of carbonyl (C=O) groups excluding carboxylic acids is 2. The Kier molecular flexibility index (Phi) is 52.6. The number of furan rings is 2. The largest absolute Gasteiger partial charge is 0.478 e. The zero-order valence-corrected chi connectivity index (χ0v) is 72.2. The molecule has 18 N–H and O–H groups in total. The number of hydrogen-bond acceptors (Lipinski definition) is 36. The molecular weight excluding hydrogens is 1720 g/mol. The van der Waals surface area contributed by atoms with E-state index in [2.05, 4.69) is 73.6 Å². The molecule has 10 aromatic rings. The van der Waals surface area contributed by atoms with Gasteiger partial charge in [-0.25, -0.2) is 14.4 Å². The second kappa shape index (κ2) is 61.4. The highest BCUT2D eigenvalue weighted by Crippen LogP contribution is 2.46. The van der Waals surface area contributed by atoms with Gasteiger partial charge >= 0.3 is 17.9 Å². The van der Waals surface area contributed by atoms with E-state index in [9.17, 15) is 39.3 Å². The highest BCUT2D eigenvalue weighted by molar-refractivity contribution is 7.95. The SMILES string of the molecule is CC.CC.CCCCNc1cc(C(=O)O)cc(SOON)c1Oc1ccccc1.CCCCNc1cc(C=O)cc(SOON)c1Oc1ccccc1.CO.NOOSc1cc(C(=O)O)c(NCc2ccco2)cc1Cl.NOOSc1cc(C(=O)O)cc(N2CCCC2)c1Oc1ccccc1.NOOSc1cc(C=O)c(NCc2ccco2)cc1Cl. The van der Waals surface area contributed by atoms with Crippen LogP contribution < -0.4 is 69.9 Å². The highest BCUT2D eigenvalue weighted by Gasteiger charge is 2.26. The predicted molar refractivity (Wildman–Crippen MR) is 466 cm³/mol. The molecule has 654 valence electrons. The molecule has 1 fully saturated rings. The molecule has 41 heteroatoms. The maximum absolute atomic E-state index is 11.5. The van der Waals surface area contributed by atoms with Crippen LogP contribution in [-0.4, -0.2) is 84.2 Å². The molecule has 0 radical (unpaired) electrons. The minimum Gasteiger partial charge on any atom is -0.478 e. The molecule has 121 heavy (non-hydrogen) atoms. The Hall–Kier alpha value is -9.84. The predicted octanol–water partition coefficient (Wildman–Crippen LogP) is 20.1. The smallest absolute Gasteiger partial charge is 0.337 e. The van der Waals surface area contributed by atoms with E-state index in [0.717, 1.165) is 125 Å². The number of nitrogens with one attached hydrogen (secondary N) is 4. The lowest BCUT2D eigenvalue weighted by molar-refractivity contribution is -0.195. The lowest BCUT2D eigenvalue weighted by Crippen LogP contribution is -2.19. The average molecular weight is 1810 g/mol. The summed E-state index contributed by atoms with van der Waals surface area (Å²) < 4.78 is 51.6. The van der Waals surface area contributed by atoms with Crippen molar-refractivity contribution in [3.63, 3.8) is 0 Å². The minimum atomic E-state index is -1.11. The van der Waals surface area contributed by atoms with E-state index in [1.165, 1.54) is 36.6 Å². The number of nitrogens with two attached hydrogens (primary N) is 5. The first kappa shape index (κ1) is 104. The third-order valence-electron chi connectivity index (χ3n) is 15.2. The summed E-state index contributed by atoms with van der Waals surface area (Å²) in [6, 6.07) is 50.4. The lowest BCUT2D eigenvalue weighted by Gasteiger charge is -2.23. The van der Waals surface area contributed by atoms with E-state index >= 15 is 0 Å². The molecule has 0 bridgehead atoms. The molecule has 0 saturated carbocycles. The second-order valence-electron chi connectivity index (χ2n) is 23.0. The number of aldehydes is 2. The van der Waals surface area contributed by atoms with Gasteiger partial charge in [0.25, 0.3) is 0 Å². The Balaban J connectivity index is 0.000000313. The number of anilines is 5. The fourth-order valence-corrected chi connectivity index (χ4v) is 12.9. The van der Waals surface area contributed by atoms with Crippen molar-refractivity contribution in [3.05, 3.63) is 238 Å². The molecule has 0 unspecified atom stereocenters. The van der Waals surface area contributed by atoms with Crippen LogP contribution in [0.1, 0.15) is 143 Å². The Bertz CT molecular complexity index is 4630. The molecule has 0 atom stereocenters. The standard InChI is InChI=1S/C17H18N2O5S.C17H20N2O5S.C17H20N2O4S.C12H11ClN2O5S.C12H11ClN2O4S.2C2H6.CH4O/c18-23-24-25-15-11-12(17(20)21)10-14(19-8-4-5-9-19)16(15)22-13-6-2-1-3-7-13;1-2-3-9-19-14-10-12(17(20)21)11-15(25-24-23-18)16(14)22-13-7-5-4-6-8-13;1-2-3-9-19-15-10-13(12-20)11-16(24-23-22-18)17(15)21-14-7-5-4-6-8-14;13-9-5-10(15-6-7-2-1-3-18-7)8(12(16)17)4-11(9)21-20-19-14;13-10-5-11(15-6-9-2-1-3-17-9)8(7-16)4-12(10)20-19-18-14;3*1-2/h1-3,6-7,10-11H,4-5,8-9,18H2,(H,20,21);4-8,10-11,19H,2-3,9,18H2,1H3,(H,20,21);4-8,10-12,19H,2-3,9,18H2,1H3;1-5,15H,6,14H2,(H,16,17);1-5,7,15H,6,14H2;2*1-2H3;2H,1H3. The van der Waals surface area contributed by atoms with Crippen molar-refractivity contribution in [3.8, 4) is 34.5 Å². The molecule has 1 aliphatic rings. The van der Waals surface area contributed by atoms with Crippen molar-refractivity contribution >= 4 is 142 Å². The summed E-state index contributed by atoms with van der Waals surface area (Å²) in [6.45, 7) is 16.1. The van der Waals surface area contributed by atoms with Gasteiger partial charge in [-0.2, -0.15) is 29.5 Å². The first-order valence-electron chi connectivity index (χ1n) is 36.7. The minimum absolute atomic E-state index is 0.0362. The summed E-state index contributed by atoms with van der Waals surface area (Å²) >= 11 is 16.1. The molecule has 8 aromatic carbocycles. The number of aliphatic hydroxyl groups is 1. The topological polar surface area (TPSA) is 494 Å². The Morgan fingerprint density at radius 2 is 0.835 bits per heavy atom. The molecule has 1 aliphatic heterocycles. The molecule has 1 saturated heterocycles. The summed E-state index contributed by atoms with van der Waals surface area (Å²) in [4.78, 5) is 81.4. The van der Waals surface area contributed by atoms with Gasteiger partial charge in [0.05, 0.1) is 160 Å². The number of rotatable bonds is 41. The summed E-state index contributed by atoms with van der Waals surface area (Å²) in [5, 5.41) is 48.3. The van der Waals surface area contributed by atoms with Gasteiger partial charge in [-0.3, -0.25) is 9.59 Å². The summed E-state index contributed by atoms with van der Waals surface area (Å²) in [5.41, 5.74) is 4.15. The van der Waals surface area contributed by atoms with E-state index in [0.29, 0.717) is 152 Å². The van der Waals surface area contributed by atoms with Crippen LogP contribution in [0.5, 0.6) is 34.5 Å². The number of unbranched alkanes of at least 4 members (excludes halogenated alkanes) is 2. The molecule has 34 nitrogen and oxygen atoms in total. The quantitative estimate of drug-likeness (QED) is 0.00556. The maximum Gasteiger partial charge on any atom is 0.337 e. The van der Waals surface area contributed by atoms with E-state index in [1.807, 2.05) is 113 Å². The van der Waals surface area contributed by atoms with Crippen molar-refractivity contribution in [2.24, 2.45) is 29.5 Å². The van der Waals surface area contributed by atoms with Crippen molar-refractivity contribution < 1.29 is 114 Å². The van der Waals surface area contributed by atoms with Crippen LogP contribution >= 0.6 is 83.4 Å². The number of carboxylic acid groups (broad SMARTS) is 3. The fourth-order valence-electron chi connectivity index (χ4n) is 10.00. The van der Waals surface area contributed by atoms with Gasteiger partial charge in [-0.1, -0.05) is 132 Å². The third kappa shape index (κ3) is 36.8. The maximum atomic E-state index is 11.5. The normalized spacial score (nSPS) is 10.8. The summed E-state index contributed by atoms with van der Waals surface area (Å²) in [7, 11) is 1.00. The number of carbonyl (C=O) groups is 5. The average Bonchev–Trinajstić information content (AvgIpc) is 1.79. The van der Waals surface area contributed by atoms with Crippen LogP contribution in [0.2, 0.25) is 10.0 Å². The van der Waals surface area contributed by atoms with E-state index in [1.54, 1.807) is 66.9 Å². The molecular formula is C80H96Cl2N10O24S5. The second-order valence-corrected chi connectivity index (χ2v) is 27.5. The van der Waals surface area contributed by atoms with Crippen LogP contribution in [0.25, 0.3) is 0 Å². The Morgan fingerprint density at radius 1 is 0.446 bits per heavy atom. The summed E-state index contributed by atoms with van der Waals surface area (Å²) in [6.07, 6.45) is 10.7. The molecule has 0 spiro atoms. The zero-order chi connectivity index (χ0) is 88.5. The van der Waals surface area contributed by atoms with Gasteiger partial charge < -0.3 is 69.6 Å².